The molecule has 0 radical (unpaired) electrons. The van der Waals surface area contributed by atoms with E-state index in [-0.39, 0.29) is 11.9 Å². The van der Waals surface area contributed by atoms with E-state index in [1.54, 1.807) is 0 Å². The number of rotatable bonds is 24. The Labute approximate surface area is 315 Å². The molecule has 4 aromatic carbocycles. The second-order valence-electron chi connectivity index (χ2n) is 13.7. The minimum atomic E-state index is -0.355. The molecule has 0 bridgehead atoms. The zero-order valence-electron chi connectivity index (χ0n) is 31.1. The van der Waals surface area contributed by atoms with E-state index in [1.165, 1.54) is 56.7 Å². The van der Waals surface area contributed by atoms with E-state index in [0.29, 0.717) is 26.4 Å². The zero-order chi connectivity index (χ0) is 37.1. The van der Waals surface area contributed by atoms with Crippen LogP contribution in [-0.4, -0.2) is 38.4 Å². The van der Waals surface area contributed by atoms with Gasteiger partial charge in [-0.25, -0.2) is 9.59 Å². The standard InChI is InChI=1S/C47H54O6/c1-3-46(48)52-31-11-7-5-9-29-50-42-23-17-36(18-24-42)13-15-38-21-27-44-40(33-38)35-41-34-39(22-28-45(41)44)16-14-37-19-25-43(26-20-37)51-30-10-6-8-12-32-53-47(49)4-2/h3-4,17-28,33-34H,1-2,5-16,29-32,35H2. The Morgan fingerprint density at radius 1 is 0.472 bits per heavy atom. The predicted molar refractivity (Wildman–Crippen MR) is 213 cm³/mol. The number of ether oxygens (including phenoxy) is 4. The highest BCUT2D eigenvalue weighted by Gasteiger charge is 2.19. The number of fused-ring (bicyclic) bond motifs is 3. The van der Waals surface area contributed by atoms with Crippen LogP contribution in [0.4, 0.5) is 0 Å². The SMILES string of the molecule is C=CC(=O)OCCCCCCOc1ccc(CCc2ccc3c(c2)Cc2cc(CCc4ccc(OCCCCCCOC(=O)C=C)cc4)ccc2-3)cc1. The van der Waals surface area contributed by atoms with Crippen molar-refractivity contribution in [3.63, 3.8) is 0 Å². The van der Waals surface area contributed by atoms with Gasteiger partial charge in [0.2, 0.25) is 0 Å². The number of unbranched alkanes of at least 4 members (excludes halogenated alkanes) is 6. The molecule has 0 aromatic heterocycles. The van der Waals surface area contributed by atoms with Gasteiger partial charge in [0.1, 0.15) is 11.5 Å². The lowest BCUT2D eigenvalue weighted by Crippen LogP contribution is -2.02. The fourth-order valence-corrected chi connectivity index (χ4v) is 6.67. The number of benzene rings is 4. The molecule has 0 saturated carbocycles. The maximum Gasteiger partial charge on any atom is 0.330 e. The van der Waals surface area contributed by atoms with Gasteiger partial charge in [0.05, 0.1) is 26.4 Å². The molecule has 5 rings (SSSR count). The van der Waals surface area contributed by atoms with Crippen molar-refractivity contribution in [1.82, 2.24) is 0 Å². The highest BCUT2D eigenvalue weighted by molar-refractivity contribution is 5.81. The Hall–Kier alpha value is -5.10. The molecule has 4 aromatic rings. The van der Waals surface area contributed by atoms with E-state index in [9.17, 15) is 9.59 Å². The maximum absolute atomic E-state index is 11.1. The molecule has 278 valence electrons. The van der Waals surface area contributed by atoms with E-state index in [4.69, 9.17) is 18.9 Å². The first kappa shape index (κ1) is 39.1. The lowest BCUT2D eigenvalue weighted by atomic mass is 9.98. The number of esters is 2. The molecule has 6 heteroatoms. The summed E-state index contributed by atoms with van der Waals surface area (Å²) in [7, 11) is 0. The monoisotopic (exact) mass is 714 g/mol. The first-order valence-electron chi connectivity index (χ1n) is 19.3. The van der Waals surface area contributed by atoms with Crippen LogP contribution < -0.4 is 9.47 Å². The minimum absolute atomic E-state index is 0.355. The molecule has 0 atom stereocenters. The second kappa shape index (κ2) is 21.4. The van der Waals surface area contributed by atoms with Crippen LogP contribution in [0.3, 0.4) is 0 Å². The molecule has 0 heterocycles. The maximum atomic E-state index is 11.1. The van der Waals surface area contributed by atoms with E-state index in [1.807, 2.05) is 0 Å². The molecule has 0 N–H and O–H groups in total. The van der Waals surface area contributed by atoms with Crippen LogP contribution in [0.25, 0.3) is 11.1 Å². The number of hydrogen-bond acceptors (Lipinski definition) is 6. The van der Waals surface area contributed by atoms with Gasteiger partial charge in [0, 0.05) is 12.2 Å². The van der Waals surface area contributed by atoms with E-state index < -0.39 is 0 Å². The van der Waals surface area contributed by atoms with Gasteiger partial charge in [0.25, 0.3) is 0 Å². The fourth-order valence-electron chi connectivity index (χ4n) is 6.67. The number of carbonyl (C=O) groups is 2. The summed E-state index contributed by atoms with van der Waals surface area (Å²) in [6.45, 7) is 9.10. The van der Waals surface area contributed by atoms with Crippen molar-refractivity contribution in [2.24, 2.45) is 0 Å². The highest BCUT2D eigenvalue weighted by Crippen LogP contribution is 2.38. The highest BCUT2D eigenvalue weighted by atomic mass is 16.5. The number of carbonyl (C=O) groups excluding carboxylic acids is 2. The molecule has 0 saturated heterocycles. The first-order valence-corrected chi connectivity index (χ1v) is 19.3. The molecule has 0 aliphatic heterocycles. The van der Waals surface area contributed by atoms with Crippen molar-refractivity contribution in [3.8, 4) is 22.6 Å². The summed E-state index contributed by atoms with van der Waals surface area (Å²) < 4.78 is 21.9. The molecule has 0 spiro atoms. The van der Waals surface area contributed by atoms with Crippen LogP contribution in [0, 0.1) is 0 Å². The van der Waals surface area contributed by atoms with Gasteiger partial charge in [-0.2, -0.15) is 0 Å². The van der Waals surface area contributed by atoms with Crippen LogP contribution >= 0.6 is 0 Å². The minimum Gasteiger partial charge on any atom is -0.494 e. The van der Waals surface area contributed by atoms with Crippen LogP contribution in [0.1, 0.15) is 84.7 Å². The summed E-state index contributed by atoms with van der Waals surface area (Å²) in [4.78, 5) is 22.1. The van der Waals surface area contributed by atoms with Crippen LogP contribution in [0.15, 0.2) is 110 Å². The van der Waals surface area contributed by atoms with Crippen molar-refractivity contribution < 1.29 is 28.5 Å². The molecule has 0 amide bonds. The van der Waals surface area contributed by atoms with Gasteiger partial charge >= 0.3 is 11.9 Å². The third-order valence-corrected chi connectivity index (χ3v) is 9.70. The topological polar surface area (TPSA) is 71.1 Å². The Balaban J connectivity index is 0.977. The normalized spacial score (nSPS) is 11.3. The van der Waals surface area contributed by atoms with E-state index in [2.05, 4.69) is 98.1 Å². The van der Waals surface area contributed by atoms with Gasteiger partial charge in [0.15, 0.2) is 0 Å². The Morgan fingerprint density at radius 3 is 1.23 bits per heavy atom. The summed E-state index contributed by atoms with van der Waals surface area (Å²) in [6.07, 6.45) is 15.2. The summed E-state index contributed by atoms with van der Waals surface area (Å²) in [6, 6.07) is 31.0. The molecule has 6 nitrogen and oxygen atoms in total. The van der Waals surface area contributed by atoms with Gasteiger partial charge < -0.3 is 18.9 Å². The fraction of sp³-hybridized carbons (Fsp3) is 0.362. The smallest absolute Gasteiger partial charge is 0.330 e. The van der Waals surface area contributed by atoms with Gasteiger partial charge in [-0.1, -0.05) is 73.8 Å². The van der Waals surface area contributed by atoms with Gasteiger partial charge in [-0.05, 0) is 152 Å². The predicted octanol–water partition coefficient (Wildman–Crippen LogP) is 10.2. The molecule has 1 aliphatic rings. The van der Waals surface area contributed by atoms with Crippen molar-refractivity contribution in [1.29, 1.82) is 0 Å². The molecule has 53 heavy (non-hydrogen) atoms. The van der Waals surface area contributed by atoms with E-state index >= 15 is 0 Å². The second-order valence-corrected chi connectivity index (χ2v) is 13.7. The van der Waals surface area contributed by atoms with Crippen LogP contribution in [0.2, 0.25) is 0 Å². The third-order valence-electron chi connectivity index (χ3n) is 9.70. The van der Waals surface area contributed by atoms with Crippen molar-refractivity contribution in [2.45, 2.75) is 83.5 Å². The summed E-state index contributed by atoms with van der Waals surface area (Å²) in [5.74, 6) is 1.11. The largest absolute Gasteiger partial charge is 0.494 e. The van der Waals surface area contributed by atoms with Crippen molar-refractivity contribution >= 4 is 11.9 Å². The Morgan fingerprint density at radius 2 is 0.830 bits per heavy atom. The third kappa shape index (κ3) is 13.1. The lowest BCUT2D eigenvalue weighted by Gasteiger charge is -2.09. The molecular weight excluding hydrogens is 661 g/mol. The summed E-state index contributed by atoms with van der Waals surface area (Å²) >= 11 is 0. The summed E-state index contributed by atoms with van der Waals surface area (Å²) in [5.41, 5.74) is 11.0. The number of hydrogen-bond donors (Lipinski definition) is 0. The first-order chi connectivity index (χ1) is 26.0. The van der Waals surface area contributed by atoms with Gasteiger partial charge in [-0.15, -0.1) is 0 Å². The molecular formula is C47H54O6. The summed E-state index contributed by atoms with van der Waals surface area (Å²) in [5, 5.41) is 0. The van der Waals surface area contributed by atoms with Gasteiger partial charge in [-0.3, -0.25) is 0 Å². The quantitative estimate of drug-likeness (QED) is 0.0360. The average Bonchev–Trinajstić information content (AvgIpc) is 3.56. The lowest BCUT2D eigenvalue weighted by molar-refractivity contribution is -0.138. The van der Waals surface area contributed by atoms with Crippen LogP contribution in [-0.2, 0) is 51.2 Å². The Bertz CT molecular complexity index is 1640. The Kier molecular flexibility index (Phi) is 15.8. The number of aryl methyl sites for hydroxylation is 4. The molecule has 0 unspecified atom stereocenters. The molecule has 0 fully saturated rings. The van der Waals surface area contributed by atoms with Crippen molar-refractivity contribution in [2.75, 3.05) is 26.4 Å². The van der Waals surface area contributed by atoms with E-state index in [0.717, 1.165) is 95.0 Å². The molecule has 1 aliphatic carbocycles. The average molecular weight is 715 g/mol. The van der Waals surface area contributed by atoms with Crippen molar-refractivity contribution in [3.05, 3.63) is 144 Å². The zero-order valence-corrected chi connectivity index (χ0v) is 31.1. The van der Waals surface area contributed by atoms with Crippen LogP contribution in [0.5, 0.6) is 11.5 Å².